The zero-order valence-electron chi connectivity index (χ0n) is 8.22. The Morgan fingerprint density at radius 2 is 2.38 bits per heavy atom. The summed E-state index contributed by atoms with van der Waals surface area (Å²) in [5.74, 6) is 0.756. The first kappa shape index (κ1) is 11.2. The third kappa shape index (κ3) is 3.77. The van der Waals surface area contributed by atoms with Crippen LogP contribution in [0.5, 0.6) is 0 Å². The minimum atomic E-state index is 0.756. The number of hydrogen-bond donors (Lipinski definition) is 0. The van der Waals surface area contributed by atoms with Crippen LogP contribution in [-0.2, 0) is 6.42 Å². The number of hydrogen-bond acceptors (Lipinski definition) is 2. The summed E-state index contributed by atoms with van der Waals surface area (Å²) in [6.45, 7) is 4.30. The molecule has 1 aromatic rings. The summed E-state index contributed by atoms with van der Waals surface area (Å²) in [5, 5.41) is 4.46. The Bertz CT molecular complexity index is 247. The van der Waals surface area contributed by atoms with Crippen LogP contribution in [-0.4, -0.2) is 10.3 Å². The molecule has 74 valence electrons. The van der Waals surface area contributed by atoms with Crippen LogP contribution in [0.2, 0.25) is 0 Å². The van der Waals surface area contributed by atoms with Gasteiger partial charge in [-0.1, -0.05) is 29.3 Å². The van der Waals surface area contributed by atoms with Crippen molar-refractivity contribution in [1.29, 1.82) is 0 Å². The van der Waals surface area contributed by atoms with Gasteiger partial charge in [0, 0.05) is 10.7 Å². The minimum absolute atomic E-state index is 0.756. The summed E-state index contributed by atoms with van der Waals surface area (Å²) in [6.07, 6.45) is 3.69. The monoisotopic (exact) mass is 261 g/mol. The normalized spacial score (nSPS) is 13.2. The molecule has 0 spiro atoms. The van der Waals surface area contributed by atoms with E-state index in [1.165, 1.54) is 23.5 Å². The second-order valence-corrected chi connectivity index (χ2v) is 5.08. The van der Waals surface area contributed by atoms with Gasteiger partial charge in [0.05, 0.1) is 10.7 Å². The number of rotatable bonds is 5. The van der Waals surface area contributed by atoms with Crippen LogP contribution in [0.4, 0.5) is 0 Å². The van der Waals surface area contributed by atoms with Crippen LogP contribution in [0.15, 0.2) is 5.38 Å². The molecule has 1 nitrogen and oxygen atoms in total. The van der Waals surface area contributed by atoms with E-state index in [9.17, 15) is 0 Å². The predicted molar refractivity (Wildman–Crippen MR) is 62.7 cm³/mol. The number of aryl methyl sites for hydroxylation is 1. The molecule has 13 heavy (non-hydrogen) atoms. The maximum Gasteiger partial charge on any atom is 0.0897 e. The first-order valence-corrected chi connectivity index (χ1v) is 6.73. The molecule has 0 saturated heterocycles. The smallest absolute Gasteiger partial charge is 0.0897 e. The van der Waals surface area contributed by atoms with Crippen LogP contribution >= 0.6 is 27.3 Å². The van der Waals surface area contributed by atoms with E-state index >= 15 is 0 Å². The second kappa shape index (κ2) is 5.76. The molecule has 0 aliphatic rings. The highest BCUT2D eigenvalue weighted by Gasteiger charge is 2.08. The van der Waals surface area contributed by atoms with E-state index < -0.39 is 0 Å². The highest BCUT2D eigenvalue weighted by molar-refractivity contribution is 9.09. The molecule has 1 atom stereocenters. The van der Waals surface area contributed by atoms with Gasteiger partial charge in [-0.2, -0.15) is 0 Å². The molecule has 3 heteroatoms. The van der Waals surface area contributed by atoms with Gasteiger partial charge in [0.1, 0.15) is 0 Å². The third-order valence-corrected chi connectivity index (χ3v) is 3.82. The Kier molecular flexibility index (Phi) is 4.96. The summed E-state index contributed by atoms with van der Waals surface area (Å²) in [6, 6.07) is 0. The fourth-order valence-corrected chi connectivity index (χ4v) is 2.62. The quantitative estimate of drug-likeness (QED) is 0.735. The lowest BCUT2D eigenvalue weighted by Gasteiger charge is -2.10. The van der Waals surface area contributed by atoms with Gasteiger partial charge in [0.15, 0.2) is 0 Å². The molecule has 0 aliphatic heterocycles. The average molecular weight is 262 g/mol. The van der Waals surface area contributed by atoms with Gasteiger partial charge in [-0.3, -0.25) is 0 Å². The number of alkyl halides is 1. The molecule has 0 radical (unpaired) electrons. The number of aromatic nitrogens is 1. The molecule has 0 aromatic carbocycles. The summed E-state index contributed by atoms with van der Waals surface area (Å²) >= 11 is 5.31. The van der Waals surface area contributed by atoms with E-state index in [1.807, 2.05) is 0 Å². The zero-order chi connectivity index (χ0) is 9.68. The molecule has 0 amide bonds. The zero-order valence-corrected chi connectivity index (χ0v) is 10.6. The van der Waals surface area contributed by atoms with Crippen molar-refractivity contribution in [2.45, 2.75) is 33.1 Å². The minimum Gasteiger partial charge on any atom is -0.247 e. The number of thiazole rings is 1. The molecule has 0 N–H and O–H groups in total. The highest BCUT2D eigenvalue weighted by Crippen LogP contribution is 2.17. The number of nitrogens with zero attached hydrogens (tertiary/aromatic N) is 1. The molecule has 1 heterocycles. The van der Waals surface area contributed by atoms with Gasteiger partial charge in [0.2, 0.25) is 0 Å². The topological polar surface area (TPSA) is 12.9 Å². The molecule has 0 fully saturated rings. The molecular weight excluding hydrogens is 246 g/mol. The number of halogens is 1. The Labute approximate surface area is 92.7 Å². The van der Waals surface area contributed by atoms with Crippen molar-refractivity contribution in [2.75, 3.05) is 5.33 Å². The van der Waals surface area contributed by atoms with Gasteiger partial charge < -0.3 is 0 Å². The Morgan fingerprint density at radius 3 is 2.85 bits per heavy atom. The van der Waals surface area contributed by atoms with Crippen LogP contribution in [0.3, 0.4) is 0 Å². The molecule has 1 aromatic heterocycles. The first-order valence-electron chi connectivity index (χ1n) is 4.73. The lowest BCUT2D eigenvalue weighted by atomic mass is 10.0. The van der Waals surface area contributed by atoms with Crippen LogP contribution in [0.25, 0.3) is 0 Å². The van der Waals surface area contributed by atoms with Crippen LogP contribution < -0.4 is 0 Å². The Morgan fingerprint density at radius 1 is 1.62 bits per heavy atom. The van der Waals surface area contributed by atoms with Gasteiger partial charge >= 0.3 is 0 Å². The fourth-order valence-electron chi connectivity index (χ4n) is 1.44. The van der Waals surface area contributed by atoms with E-state index in [0.29, 0.717) is 0 Å². The first-order chi connectivity index (χ1) is 6.26. The van der Waals surface area contributed by atoms with E-state index in [2.05, 4.69) is 40.1 Å². The van der Waals surface area contributed by atoms with Crippen molar-refractivity contribution in [3.05, 3.63) is 16.1 Å². The van der Waals surface area contributed by atoms with E-state index in [0.717, 1.165) is 17.7 Å². The Hall–Kier alpha value is 0.110. The Balaban J connectivity index is 2.46. The molecule has 0 aliphatic carbocycles. The molecule has 1 unspecified atom stereocenters. The largest absolute Gasteiger partial charge is 0.247 e. The molecular formula is C10H16BrNS. The predicted octanol–water partition coefficient (Wildman–Crippen LogP) is 3.81. The van der Waals surface area contributed by atoms with Crippen LogP contribution in [0.1, 0.15) is 30.5 Å². The molecule has 0 bridgehead atoms. The third-order valence-electron chi connectivity index (χ3n) is 2.08. The van der Waals surface area contributed by atoms with E-state index in [4.69, 9.17) is 0 Å². The van der Waals surface area contributed by atoms with Crippen LogP contribution in [0, 0.1) is 12.8 Å². The van der Waals surface area contributed by atoms with Gasteiger partial charge in [-0.15, -0.1) is 11.3 Å². The van der Waals surface area contributed by atoms with Crippen molar-refractivity contribution >= 4 is 27.3 Å². The van der Waals surface area contributed by atoms with Crippen molar-refractivity contribution < 1.29 is 0 Å². The second-order valence-electron chi connectivity index (χ2n) is 3.37. The van der Waals surface area contributed by atoms with E-state index in [1.54, 1.807) is 11.3 Å². The SMILES string of the molecule is CCCC(CBr)Cc1csc(C)n1. The summed E-state index contributed by atoms with van der Waals surface area (Å²) < 4.78 is 0. The van der Waals surface area contributed by atoms with Gasteiger partial charge in [-0.05, 0) is 25.7 Å². The fraction of sp³-hybridized carbons (Fsp3) is 0.700. The van der Waals surface area contributed by atoms with Crippen molar-refractivity contribution in [1.82, 2.24) is 4.98 Å². The lowest BCUT2D eigenvalue weighted by Crippen LogP contribution is -2.05. The van der Waals surface area contributed by atoms with Gasteiger partial charge in [0.25, 0.3) is 0 Å². The highest BCUT2D eigenvalue weighted by atomic mass is 79.9. The van der Waals surface area contributed by atoms with Crippen molar-refractivity contribution in [2.24, 2.45) is 5.92 Å². The average Bonchev–Trinajstić information content (AvgIpc) is 2.50. The van der Waals surface area contributed by atoms with Crippen molar-refractivity contribution in [3.63, 3.8) is 0 Å². The summed E-state index contributed by atoms with van der Waals surface area (Å²) in [7, 11) is 0. The summed E-state index contributed by atoms with van der Waals surface area (Å²) in [5.41, 5.74) is 1.26. The standard InChI is InChI=1S/C10H16BrNS/c1-3-4-9(6-11)5-10-7-13-8(2)12-10/h7,9H,3-6H2,1-2H3. The molecule has 0 saturated carbocycles. The maximum absolute atomic E-state index is 4.48. The lowest BCUT2D eigenvalue weighted by molar-refractivity contribution is 0.529. The van der Waals surface area contributed by atoms with Crippen molar-refractivity contribution in [3.8, 4) is 0 Å². The maximum atomic E-state index is 4.48. The molecule has 1 rings (SSSR count). The van der Waals surface area contributed by atoms with Gasteiger partial charge in [-0.25, -0.2) is 4.98 Å². The summed E-state index contributed by atoms with van der Waals surface area (Å²) in [4.78, 5) is 4.48. The van der Waals surface area contributed by atoms with E-state index in [-0.39, 0.29) is 0 Å².